The van der Waals surface area contributed by atoms with Crippen LogP contribution in [-0.4, -0.2) is 35.4 Å². The summed E-state index contributed by atoms with van der Waals surface area (Å²) in [4.78, 5) is 16.8. The summed E-state index contributed by atoms with van der Waals surface area (Å²) in [6.45, 7) is 3.01. The minimum absolute atomic E-state index is 0.111. The molecule has 1 N–H and O–H groups in total. The number of nitrogens with zero attached hydrogens (tertiary/aromatic N) is 1. The summed E-state index contributed by atoms with van der Waals surface area (Å²) in [7, 11) is 0. The van der Waals surface area contributed by atoms with Crippen molar-refractivity contribution in [2.24, 2.45) is 0 Å². The number of para-hydroxylation sites is 1. The van der Waals surface area contributed by atoms with Crippen LogP contribution in [0.15, 0.2) is 60.7 Å². The molecule has 1 aromatic heterocycles. The van der Waals surface area contributed by atoms with Gasteiger partial charge >= 0.3 is 0 Å². The lowest BCUT2D eigenvalue weighted by atomic mass is 10.1. The van der Waals surface area contributed by atoms with E-state index in [1.54, 1.807) is 12.1 Å². The third-order valence-corrected chi connectivity index (χ3v) is 6.80. The van der Waals surface area contributed by atoms with Crippen LogP contribution in [0.1, 0.15) is 15.2 Å². The van der Waals surface area contributed by atoms with E-state index in [2.05, 4.69) is 16.3 Å². The lowest BCUT2D eigenvalue weighted by Gasteiger charge is -2.27. The van der Waals surface area contributed by atoms with Gasteiger partial charge in [-0.1, -0.05) is 30.3 Å². The standard InChI is InChI=1S/C22H21FN2OS2/c23-18-7-5-16(6-8-18)20-9-10-21(28-20)22(26)24-19-4-2-1-3-17(19)15-25-11-13-27-14-12-25/h1-10H,11-15H2,(H,24,26). The number of benzene rings is 2. The quantitative estimate of drug-likeness (QED) is 0.613. The third-order valence-electron chi connectivity index (χ3n) is 4.72. The van der Waals surface area contributed by atoms with E-state index in [0.29, 0.717) is 4.88 Å². The molecule has 144 valence electrons. The van der Waals surface area contributed by atoms with Crippen molar-refractivity contribution in [3.63, 3.8) is 0 Å². The Morgan fingerprint density at radius 1 is 1.00 bits per heavy atom. The zero-order valence-electron chi connectivity index (χ0n) is 15.4. The SMILES string of the molecule is O=C(Nc1ccccc1CN1CCSCC1)c1ccc(-c2ccc(F)cc2)s1. The first-order chi connectivity index (χ1) is 13.7. The topological polar surface area (TPSA) is 32.3 Å². The van der Waals surface area contributed by atoms with Gasteiger partial charge in [0, 0.05) is 41.7 Å². The van der Waals surface area contributed by atoms with Crippen LogP contribution in [0.5, 0.6) is 0 Å². The van der Waals surface area contributed by atoms with Crippen LogP contribution in [0.3, 0.4) is 0 Å². The Morgan fingerprint density at radius 3 is 2.54 bits per heavy atom. The van der Waals surface area contributed by atoms with Gasteiger partial charge in [0.15, 0.2) is 0 Å². The molecule has 3 aromatic rings. The highest BCUT2D eigenvalue weighted by molar-refractivity contribution is 7.99. The van der Waals surface area contributed by atoms with Crippen molar-refractivity contribution in [2.45, 2.75) is 6.54 Å². The van der Waals surface area contributed by atoms with Crippen LogP contribution >= 0.6 is 23.1 Å². The number of amides is 1. The van der Waals surface area contributed by atoms with E-state index >= 15 is 0 Å². The van der Waals surface area contributed by atoms with Crippen LogP contribution in [0, 0.1) is 5.82 Å². The predicted molar refractivity (Wildman–Crippen MR) is 117 cm³/mol. The highest BCUT2D eigenvalue weighted by Crippen LogP contribution is 2.29. The first-order valence-electron chi connectivity index (χ1n) is 9.24. The molecule has 4 rings (SSSR count). The number of carbonyl (C=O) groups is 1. The van der Waals surface area contributed by atoms with Crippen LogP contribution < -0.4 is 5.32 Å². The highest BCUT2D eigenvalue weighted by Gasteiger charge is 2.15. The predicted octanol–water partition coefficient (Wildman–Crippen LogP) is 5.36. The van der Waals surface area contributed by atoms with Gasteiger partial charge in [0.2, 0.25) is 0 Å². The normalized spacial score (nSPS) is 14.8. The second-order valence-electron chi connectivity index (χ2n) is 6.67. The first-order valence-corrected chi connectivity index (χ1v) is 11.2. The van der Waals surface area contributed by atoms with Crippen molar-refractivity contribution in [3.05, 3.63) is 76.9 Å². The molecule has 28 heavy (non-hydrogen) atoms. The summed E-state index contributed by atoms with van der Waals surface area (Å²) in [5.41, 5.74) is 2.91. The number of hydrogen-bond acceptors (Lipinski definition) is 4. The van der Waals surface area contributed by atoms with Gasteiger partial charge in [-0.15, -0.1) is 11.3 Å². The van der Waals surface area contributed by atoms with E-state index in [-0.39, 0.29) is 11.7 Å². The Bertz CT molecular complexity index is 949. The minimum atomic E-state index is -0.262. The average molecular weight is 413 g/mol. The third kappa shape index (κ3) is 4.63. The molecule has 0 aliphatic carbocycles. The average Bonchev–Trinajstić information content (AvgIpc) is 3.21. The Labute approximate surface area is 172 Å². The largest absolute Gasteiger partial charge is 0.321 e. The molecule has 1 saturated heterocycles. The van der Waals surface area contributed by atoms with Crippen LogP contribution in [0.4, 0.5) is 10.1 Å². The molecule has 6 heteroatoms. The van der Waals surface area contributed by atoms with Gasteiger partial charge in [0.25, 0.3) is 5.91 Å². The first kappa shape index (κ1) is 19.2. The summed E-state index contributed by atoms with van der Waals surface area (Å²) in [6, 6.07) is 18.1. The Hall–Kier alpha value is -2.15. The second kappa shape index (κ2) is 8.90. The van der Waals surface area contributed by atoms with Crippen LogP contribution in [-0.2, 0) is 6.54 Å². The number of thiophene rings is 1. The summed E-state index contributed by atoms with van der Waals surface area (Å²) < 4.78 is 13.1. The fourth-order valence-electron chi connectivity index (χ4n) is 3.19. The van der Waals surface area contributed by atoms with Gasteiger partial charge < -0.3 is 5.32 Å². The molecule has 1 aliphatic heterocycles. The van der Waals surface area contributed by atoms with Crippen molar-refractivity contribution in [1.29, 1.82) is 0 Å². The molecule has 1 amide bonds. The smallest absolute Gasteiger partial charge is 0.265 e. The minimum Gasteiger partial charge on any atom is -0.321 e. The maximum atomic E-state index is 13.1. The van der Waals surface area contributed by atoms with Crippen molar-refractivity contribution >= 4 is 34.7 Å². The summed E-state index contributed by atoms with van der Waals surface area (Å²) in [5, 5.41) is 3.07. The van der Waals surface area contributed by atoms with Gasteiger partial charge in [-0.2, -0.15) is 11.8 Å². The van der Waals surface area contributed by atoms with Gasteiger partial charge in [-0.3, -0.25) is 9.69 Å². The summed E-state index contributed by atoms with van der Waals surface area (Å²) in [5.74, 6) is 1.95. The summed E-state index contributed by atoms with van der Waals surface area (Å²) in [6.07, 6.45) is 0. The number of nitrogens with one attached hydrogen (secondary N) is 1. The molecule has 1 aliphatic rings. The van der Waals surface area contributed by atoms with Gasteiger partial charge in [-0.05, 0) is 41.5 Å². The zero-order valence-corrected chi connectivity index (χ0v) is 17.0. The van der Waals surface area contributed by atoms with Crippen LogP contribution in [0.2, 0.25) is 0 Å². The number of hydrogen-bond donors (Lipinski definition) is 1. The Balaban J connectivity index is 1.47. The maximum absolute atomic E-state index is 13.1. The van der Waals surface area contributed by atoms with E-state index in [0.717, 1.165) is 52.8 Å². The molecule has 1 fully saturated rings. The van der Waals surface area contributed by atoms with Crippen molar-refractivity contribution < 1.29 is 9.18 Å². The van der Waals surface area contributed by atoms with Crippen molar-refractivity contribution in [2.75, 3.05) is 29.9 Å². The van der Waals surface area contributed by atoms with Gasteiger partial charge in [0.05, 0.1) is 4.88 Å². The van der Waals surface area contributed by atoms with Crippen molar-refractivity contribution in [1.82, 2.24) is 4.90 Å². The molecular weight excluding hydrogens is 391 g/mol. The molecule has 0 radical (unpaired) electrons. The fraction of sp³-hybridized carbons (Fsp3) is 0.227. The van der Waals surface area contributed by atoms with E-state index in [1.807, 2.05) is 42.1 Å². The molecule has 3 nitrogen and oxygen atoms in total. The molecule has 0 spiro atoms. The number of anilines is 1. The van der Waals surface area contributed by atoms with Gasteiger partial charge in [0.1, 0.15) is 5.82 Å². The van der Waals surface area contributed by atoms with E-state index < -0.39 is 0 Å². The highest BCUT2D eigenvalue weighted by atomic mass is 32.2. The molecule has 0 atom stereocenters. The van der Waals surface area contributed by atoms with E-state index in [1.165, 1.54) is 23.5 Å². The Morgan fingerprint density at radius 2 is 1.75 bits per heavy atom. The molecule has 2 aromatic carbocycles. The lowest BCUT2D eigenvalue weighted by molar-refractivity contribution is 0.103. The van der Waals surface area contributed by atoms with Gasteiger partial charge in [-0.25, -0.2) is 4.39 Å². The second-order valence-corrected chi connectivity index (χ2v) is 8.98. The molecular formula is C22H21FN2OS2. The number of carbonyl (C=O) groups excluding carboxylic acids is 1. The molecule has 2 heterocycles. The number of thioether (sulfide) groups is 1. The number of rotatable bonds is 5. The number of halogens is 1. The van der Waals surface area contributed by atoms with Crippen LogP contribution in [0.25, 0.3) is 10.4 Å². The van der Waals surface area contributed by atoms with E-state index in [4.69, 9.17) is 0 Å². The fourth-order valence-corrected chi connectivity index (χ4v) is 5.08. The maximum Gasteiger partial charge on any atom is 0.265 e. The summed E-state index contributed by atoms with van der Waals surface area (Å²) >= 11 is 3.40. The zero-order chi connectivity index (χ0) is 19.3. The van der Waals surface area contributed by atoms with E-state index in [9.17, 15) is 9.18 Å². The molecule has 0 bridgehead atoms. The van der Waals surface area contributed by atoms with Crippen molar-refractivity contribution in [3.8, 4) is 10.4 Å². The lowest BCUT2D eigenvalue weighted by Crippen LogP contribution is -2.32. The monoisotopic (exact) mass is 412 g/mol. The molecule has 0 saturated carbocycles. The Kier molecular flexibility index (Phi) is 6.10. The molecule has 0 unspecified atom stereocenters.